The topological polar surface area (TPSA) is 53.5 Å². The first-order valence-corrected chi connectivity index (χ1v) is 8.84. The third-order valence-electron chi connectivity index (χ3n) is 4.27. The third kappa shape index (κ3) is 4.28. The predicted molar refractivity (Wildman–Crippen MR) is 108 cm³/mol. The lowest BCUT2D eigenvalue weighted by Crippen LogP contribution is -2.35. The summed E-state index contributed by atoms with van der Waals surface area (Å²) in [4.78, 5) is 12.4. The average Bonchev–Trinajstić information content (AvgIpc) is 2.69. The van der Waals surface area contributed by atoms with E-state index in [4.69, 9.17) is 0 Å². The van der Waals surface area contributed by atoms with E-state index in [1.165, 1.54) is 5.39 Å². The molecule has 2 N–H and O–H groups in total. The molecule has 0 aliphatic rings. The minimum absolute atomic E-state index is 0.167. The van der Waals surface area contributed by atoms with Gasteiger partial charge in [0.25, 0.3) is 5.91 Å². The first-order chi connectivity index (χ1) is 12.7. The molecule has 0 aromatic heterocycles. The lowest BCUT2D eigenvalue weighted by Gasteiger charge is -2.14. The van der Waals surface area contributed by atoms with Gasteiger partial charge in [-0.15, -0.1) is 0 Å². The molecule has 0 heterocycles. The van der Waals surface area contributed by atoms with Crippen LogP contribution in [0.4, 0.5) is 5.69 Å². The van der Waals surface area contributed by atoms with Crippen LogP contribution in [0.1, 0.15) is 25.8 Å². The first kappa shape index (κ1) is 17.7. The van der Waals surface area contributed by atoms with Gasteiger partial charge in [0.1, 0.15) is 6.04 Å². The van der Waals surface area contributed by atoms with Crippen LogP contribution in [0.25, 0.3) is 10.8 Å². The van der Waals surface area contributed by atoms with Gasteiger partial charge >= 0.3 is 0 Å². The summed E-state index contributed by atoms with van der Waals surface area (Å²) >= 11 is 0. The molecule has 26 heavy (non-hydrogen) atoms. The first-order valence-electron chi connectivity index (χ1n) is 8.84. The molecular formula is C22H23N3O. The average molecular weight is 345 g/mol. The van der Waals surface area contributed by atoms with Crippen LogP contribution in [0, 0.1) is 0 Å². The summed E-state index contributed by atoms with van der Waals surface area (Å²) in [5.74, 6) is -0.167. The van der Waals surface area contributed by atoms with Gasteiger partial charge in [-0.1, -0.05) is 67.6 Å². The number of hydrazone groups is 1. The van der Waals surface area contributed by atoms with Crippen molar-refractivity contribution in [2.75, 3.05) is 5.32 Å². The van der Waals surface area contributed by atoms with E-state index in [1.807, 2.05) is 74.5 Å². The van der Waals surface area contributed by atoms with Gasteiger partial charge in [-0.3, -0.25) is 4.79 Å². The Balaban J connectivity index is 1.66. The molecule has 0 aliphatic carbocycles. The molecule has 0 radical (unpaired) electrons. The Bertz CT molecular complexity index is 919. The Hall–Kier alpha value is -3.14. The fourth-order valence-electron chi connectivity index (χ4n) is 2.79. The van der Waals surface area contributed by atoms with Crippen LogP contribution in [-0.2, 0) is 4.79 Å². The molecule has 1 atom stereocenters. The normalized spacial score (nSPS) is 12.6. The molecule has 0 spiro atoms. The van der Waals surface area contributed by atoms with E-state index in [2.05, 4.69) is 28.0 Å². The zero-order valence-electron chi connectivity index (χ0n) is 15.1. The summed E-state index contributed by atoms with van der Waals surface area (Å²) in [5, 5.41) is 9.85. The van der Waals surface area contributed by atoms with Crippen LogP contribution >= 0.6 is 0 Å². The van der Waals surface area contributed by atoms with Crippen molar-refractivity contribution in [3.8, 4) is 0 Å². The number of fused-ring (bicyclic) bond motifs is 1. The van der Waals surface area contributed by atoms with Crippen molar-refractivity contribution in [1.29, 1.82) is 0 Å². The quantitative estimate of drug-likeness (QED) is 0.508. The highest BCUT2D eigenvalue weighted by Crippen LogP contribution is 2.19. The molecule has 0 aliphatic heterocycles. The van der Waals surface area contributed by atoms with Crippen LogP contribution in [0.3, 0.4) is 0 Å². The van der Waals surface area contributed by atoms with E-state index in [9.17, 15) is 4.79 Å². The molecular weight excluding hydrogens is 322 g/mol. The fraction of sp³-hybridized carbons (Fsp3) is 0.182. The Morgan fingerprint density at radius 3 is 2.38 bits per heavy atom. The van der Waals surface area contributed by atoms with Gasteiger partial charge < -0.3 is 5.32 Å². The molecule has 1 amide bonds. The molecule has 4 heteroatoms. The lowest BCUT2D eigenvalue weighted by atomic mass is 10.1. The molecule has 0 bridgehead atoms. The summed E-state index contributed by atoms with van der Waals surface area (Å²) < 4.78 is 0. The molecule has 4 nitrogen and oxygen atoms in total. The van der Waals surface area contributed by atoms with Gasteiger partial charge in [0.15, 0.2) is 0 Å². The van der Waals surface area contributed by atoms with Crippen molar-refractivity contribution in [2.45, 2.75) is 26.3 Å². The van der Waals surface area contributed by atoms with Crippen LogP contribution in [0.2, 0.25) is 0 Å². The molecule has 0 unspecified atom stereocenters. The Kier molecular flexibility index (Phi) is 5.64. The second-order valence-electron chi connectivity index (χ2n) is 6.18. The van der Waals surface area contributed by atoms with E-state index in [0.29, 0.717) is 0 Å². The van der Waals surface area contributed by atoms with Crippen molar-refractivity contribution in [3.05, 3.63) is 78.4 Å². The number of amides is 1. The predicted octanol–water partition coefficient (Wildman–Crippen LogP) is 4.57. The molecule has 0 fully saturated rings. The minimum Gasteiger partial charge on any atom is -0.374 e. The summed E-state index contributed by atoms with van der Waals surface area (Å²) in [6.45, 7) is 3.85. The Morgan fingerprint density at radius 1 is 0.962 bits per heavy atom. The van der Waals surface area contributed by atoms with Gasteiger partial charge in [-0.25, -0.2) is 5.43 Å². The monoisotopic (exact) mass is 345 g/mol. The van der Waals surface area contributed by atoms with Crippen LogP contribution in [0.15, 0.2) is 77.9 Å². The number of carbonyl (C=O) groups is 1. The van der Waals surface area contributed by atoms with Gasteiger partial charge in [-0.2, -0.15) is 5.10 Å². The smallest absolute Gasteiger partial charge is 0.262 e. The molecule has 3 aromatic carbocycles. The molecule has 132 valence electrons. The van der Waals surface area contributed by atoms with E-state index in [0.717, 1.165) is 28.8 Å². The summed E-state index contributed by atoms with van der Waals surface area (Å²) in [6, 6.07) is 23.7. The van der Waals surface area contributed by atoms with Gasteiger partial charge in [0.05, 0.1) is 5.71 Å². The molecule has 0 saturated carbocycles. The van der Waals surface area contributed by atoms with Crippen LogP contribution in [-0.4, -0.2) is 17.7 Å². The number of benzene rings is 3. The highest BCUT2D eigenvalue weighted by Gasteiger charge is 2.12. The largest absolute Gasteiger partial charge is 0.374 e. The second kappa shape index (κ2) is 8.30. The van der Waals surface area contributed by atoms with Crippen molar-refractivity contribution in [3.63, 3.8) is 0 Å². The Labute approximate surface area is 153 Å². The maximum Gasteiger partial charge on any atom is 0.262 e. The second-order valence-corrected chi connectivity index (χ2v) is 6.18. The zero-order chi connectivity index (χ0) is 18.4. The summed E-state index contributed by atoms with van der Waals surface area (Å²) in [5.41, 5.74) is 5.46. The maximum absolute atomic E-state index is 12.4. The van der Waals surface area contributed by atoms with Gasteiger partial charge in [-0.05, 0) is 41.8 Å². The number of hydrogen-bond acceptors (Lipinski definition) is 3. The van der Waals surface area contributed by atoms with Crippen LogP contribution in [0.5, 0.6) is 0 Å². The van der Waals surface area contributed by atoms with E-state index in [-0.39, 0.29) is 5.91 Å². The van der Waals surface area contributed by atoms with Crippen molar-refractivity contribution in [2.24, 2.45) is 5.10 Å². The zero-order valence-corrected chi connectivity index (χ0v) is 15.1. The number of rotatable bonds is 6. The lowest BCUT2D eigenvalue weighted by molar-refractivity contribution is -0.121. The highest BCUT2D eigenvalue weighted by atomic mass is 16.2. The third-order valence-corrected chi connectivity index (χ3v) is 4.27. The minimum atomic E-state index is -0.395. The van der Waals surface area contributed by atoms with Crippen LogP contribution < -0.4 is 10.7 Å². The van der Waals surface area contributed by atoms with Gasteiger partial charge in [0, 0.05) is 5.69 Å². The number of anilines is 1. The van der Waals surface area contributed by atoms with E-state index < -0.39 is 6.04 Å². The molecule has 3 rings (SSSR count). The molecule has 0 saturated heterocycles. The highest BCUT2D eigenvalue weighted by molar-refractivity contribution is 6.01. The number of nitrogens with zero attached hydrogens (tertiary/aromatic N) is 1. The number of nitrogens with one attached hydrogen (secondary N) is 2. The van der Waals surface area contributed by atoms with Gasteiger partial charge in [0.2, 0.25) is 0 Å². The standard InChI is InChI=1S/C22H23N3O/c1-3-21(18-10-5-4-6-11-18)24-25-22(26)16(2)23-20-14-13-17-9-7-8-12-19(17)15-20/h4-16,23H,3H2,1-2H3,(H,25,26)/b24-21-/t16-/m0/s1. The van der Waals surface area contributed by atoms with E-state index in [1.54, 1.807) is 0 Å². The SMILES string of the molecule is CC/C(=N/NC(=O)[C@H](C)Nc1ccc2ccccc2c1)c1ccccc1. The number of carbonyl (C=O) groups excluding carboxylic acids is 1. The fourth-order valence-corrected chi connectivity index (χ4v) is 2.79. The summed E-state index contributed by atoms with van der Waals surface area (Å²) in [6.07, 6.45) is 0.747. The molecule has 3 aromatic rings. The Morgan fingerprint density at radius 2 is 1.65 bits per heavy atom. The maximum atomic E-state index is 12.4. The van der Waals surface area contributed by atoms with Crippen molar-refractivity contribution >= 4 is 28.1 Å². The summed E-state index contributed by atoms with van der Waals surface area (Å²) in [7, 11) is 0. The number of hydrogen-bond donors (Lipinski definition) is 2. The van der Waals surface area contributed by atoms with Crippen molar-refractivity contribution in [1.82, 2.24) is 5.43 Å². The van der Waals surface area contributed by atoms with E-state index >= 15 is 0 Å². The van der Waals surface area contributed by atoms with Crippen molar-refractivity contribution < 1.29 is 4.79 Å².